The normalized spacial score (nSPS) is 13.9. The molecule has 0 N–H and O–H groups in total. The maximum Gasteiger partial charge on any atom is 0.404 e. The first-order valence-electron chi connectivity index (χ1n) is 5.01. The Labute approximate surface area is 96.2 Å². The molecule has 0 amide bonds. The van der Waals surface area contributed by atoms with Gasteiger partial charge in [0.05, 0.1) is 0 Å². The summed E-state index contributed by atoms with van der Waals surface area (Å²) in [6.45, 7) is 0. The van der Waals surface area contributed by atoms with E-state index in [4.69, 9.17) is 0 Å². The van der Waals surface area contributed by atoms with Crippen LogP contribution in [0.5, 0.6) is 0 Å². The molecule has 1 aromatic rings. The minimum atomic E-state index is 0. The lowest BCUT2D eigenvalue weighted by Crippen LogP contribution is -2.14. The molecule has 0 bridgehead atoms. The van der Waals surface area contributed by atoms with E-state index >= 15 is 0 Å². The summed E-state index contributed by atoms with van der Waals surface area (Å²) in [5.74, 6) is 0. The first-order valence-corrected chi connectivity index (χ1v) is 7.13. The molecule has 68 valence electrons. The van der Waals surface area contributed by atoms with Gasteiger partial charge >= 0.3 is 20.4 Å². The average Bonchev–Trinajstić information content (AvgIpc) is 2.17. The minimum absolute atomic E-state index is 0. The van der Waals surface area contributed by atoms with Crippen LogP contribution in [0.25, 0.3) is 0 Å². The molecule has 0 aliphatic heterocycles. The number of halogens is 1. The maximum atomic E-state index is 2.46. The van der Waals surface area contributed by atoms with E-state index in [1.807, 2.05) is 0 Å². The summed E-state index contributed by atoms with van der Waals surface area (Å²) in [4.78, 5) is 0. The largest absolute Gasteiger partial charge is 0.404 e. The van der Waals surface area contributed by atoms with Crippen molar-refractivity contribution in [2.45, 2.75) is 30.7 Å². The van der Waals surface area contributed by atoms with Crippen LogP contribution in [0.4, 0.5) is 0 Å². The lowest BCUT2D eigenvalue weighted by Gasteiger charge is -2.16. The Morgan fingerprint density at radius 3 is 2.46 bits per heavy atom. The van der Waals surface area contributed by atoms with Crippen molar-refractivity contribution in [2.24, 2.45) is 0 Å². The molecular formula is C11H15ClMg. The first kappa shape index (κ1) is 11.4. The van der Waals surface area contributed by atoms with E-state index in [-0.39, 0.29) is 32.8 Å². The van der Waals surface area contributed by atoms with Crippen LogP contribution in [0.15, 0.2) is 18.2 Å². The van der Waals surface area contributed by atoms with Crippen molar-refractivity contribution < 1.29 is 0 Å². The SMILES string of the molecule is Cl.[CH3][Mg][c]1ccc2c(c1)CCCC2. The van der Waals surface area contributed by atoms with Gasteiger partial charge in [-0.1, -0.05) is 18.2 Å². The van der Waals surface area contributed by atoms with Gasteiger partial charge in [-0.25, -0.2) is 0 Å². The zero-order valence-corrected chi connectivity index (χ0v) is 10.4. The molecule has 0 saturated carbocycles. The monoisotopic (exact) mass is 206 g/mol. The van der Waals surface area contributed by atoms with Gasteiger partial charge in [-0.15, -0.1) is 17.5 Å². The molecule has 0 aromatic heterocycles. The zero-order valence-electron chi connectivity index (χ0n) is 8.18. The highest BCUT2D eigenvalue weighted by Crippen LogP contribution is 2.19. The Hall–Kier alpha value is 0.276. The van der Waals surface area contributed by atoms with Crippen LogP contribution in [-0.4, -0.2) is 20.4 Å². The molecule has 1 aliphatic carbocycles. The average molecular weight is 207 g/mol. The van der Waals surface area contributed by atoms with E-state index in [2.05, 4.69) is 23.3 Å². The van der Waals surface area contributed by atoms with Crippen molar-refractivity contribution in [1.29, 1.82) is 0 Å². The van der Waals surface area contributed by atoms with Gasteiger partial charge in [0, 0.05) is 0 Å². The summed E-state index contributed by atoms with van der Waals surface area (Å²) >= 11 is 0.0610. The van der Waals surface area contributed by atoms with E-state index in [0.717, 1.165) is 0 Å². The van der Waals surface area contributed by atoms with Gasteiger partial charge in [-0.05, 0) is 36.8 Å². The van der Waals surface area contributed by atoms with Crippen molar-refractivity contribution in [1.82, 2.24) is 0 Å². The summed E-state index contributed by atoms with van der Waals surface area (Å²) < 4.78 is 1.63. The molecule has 13 heavy (non-hydrogen) atoms. The standard InChI is InChI=1S/C10H11.CH3.ClH.Mg/c1-2-6-10-8-4-3-7-9(10)5-1;;;/h1,5-6H,3-4,7-8H2;1H3;1H;. The number of benzene rings is 1. The van der Waals surface area contributed by atoms with Gasteiger partial charge in [0.15, 0.2) is 0 Å². The van der Waals surface area contributed by atoms with Gasteiger partial charge in [-0.3, -0.25) is 0 Å². The van der Waals surface area contributed by atoms with Crippen molar-refractivity contribution in [2.75, 3.05) is 0 Å². The lowest BCUT2D eigenvalue weighted by atomic mass is 9.92. The van der Waals surface area contributed by atoms with E-state index < -0.39 is 0 Å². The van der Waals surface area contributed by atoms with Crippen LogP contribution in [0.3, 0.4) is 0 Å². The molecule has 0 radical (unpaired) electrons. The van der Waals surface area contributed by atoms with Crippen molar-refractivity contribution in [3.63, 3.8) is 0 Å². The fourth-order valence-corrected chi connectivity index (χ4v) is 2.81. The van der Waals surface area contributed by atoms with Crippen LogP contribution < -0.4 is 3.69 Å². The zero-order chi connectivity index (χ0) is 8.39. The van der Waals surface area contributed by atoms with Crippen LogP contribution >= 0.6 is 12.4 Å². The molecule has 2 heteroatoms. The molecule has 1 aliphatic rings. The predicted molar refractivity (Wildman–Crippen MR) is 61.6 cm³/mol. The predicted octanol–water partition coefficient (Wildman–Crippen LogP) is 2.36. The highest BCUT2D eigenvalue weighted by molar-refractivity contribution is 6.51. The van der Waals surface area contributed by atoms with E-state index in [1.54, 1.807) is 14.8 Å². The number of hydrogen-bond acceptors (Lipinski definition) is 0. The number of fused-ring (bicyclic) bond motifs is 1. The fourth-order valence-electron chi connectivity index (χ4n) is 2.01. The Morgan fingerprint density at radius 2 is 1.77 bits per heavy atom. The highest BCUT2D eigenvalue weighted by Gasteiger charge is 2.08. The minimum Gasteiger partial charge on any atom is -0.174 e. The summed E-state index contributed by atoms with van der Waals surface area (Å²) in [6, 6.07) is 7.16. The Morgan fingerprint density at radius 1 is 1.08 bits per heavy atom. The third kappa shape index (κ3) is 2.61. The second-order valence-electron chi connectivity index (χ2n) is 3.66. The molecular weight excluding hydrogens is 192 g/mol. The van der Waals surface area contributed by atoms with E-state index in [1.165, 1.54) is 25.7 Å². The molecule has 0 unspecified atom stereocenters. The van der Waals surface area contributed by atoms with Crippen molar-refractivity contribution in [3.8, 4) is 0 Å². The third-order valence-corrected chi connectivity index (χ3v) is 4.08. The Kier molecular flexibility index (Phi) is 4.57. The Balaban J connectivity index is 0.000000845. The smallest absolute Gasteiger partial charge is 0.174 e. The topological polar surface area (TPSA) is 0 Å². The highest BCUT2D eigenvalue weighted by atomic mass is 35.5. The fraction of sp³-hybridized carbons (Fsp3) is 0.455. The quantitative estimate of drug-likeness (QED) is 0.620. The molecule has 0 heterocycles. The first-order chi connectivity index (χ1) is 5.90. The van der Waals surface area contributed by atoms with Gasteiger partial charge in [0.2, 0.25) is 0 Å². The summed E-state index contributed by atoms with van der Waals surface area (Å²) in [5, 5.41) is 2.37. The molecule has 0 nitrogen and oxygen atoms in total. The summed E-state index contributed by atoms with van der Waals surface area (Å²) in [7, 11) is 0. The van der Waals surface area contributed by atoms with Gasteiger partial charge in [-0.2, -0.15) is 3.69 Å². The number of hydrogen-bond donors (Lipinski definition) is 0. The molecule has 0 spiro atoms. The number of rotatable bonds is 1. The number of aryl methyl sites for hydroxylation is 2. The van der Waals surface area contributed by atoms with Crippen molar-refractivity contribution >= 4 is 36.5 Å². The van der Waals surface area contributed by atoms with Gasteiger partial charge in [0.25, 0.3) is 0 Å². The summed E-state index contributed by atoms with van der Waals surface area (Å²) in [6.07, 6.45) is 5.45. The second-order valence-corrected chi connectivity index (χ2v) is 5.19. The molecule has 2 rings (SSSR count). The Bertz CT molecular complexity index is 283. The van der Waals surface area contributed by atoms with Crippen LogP contribution in [0.1, 0.15) is 24.0 Å². The van der Waals surface area contributed by atoms with Crippen LogP contribution in [0.2, 0.25) is 5.05 Å². The molecule has 0 fully saturated rings. The van der Waals surface area contributed by atoms with Crippen LogP contribution in [0, 0.1) is 0 Å². The molecule has 0 atom stereocenters. The lowest BCUT2D eigenvalue weighted by molar-refractivity contribution is 0.686. The van der Waals surface area contributed by atoms with Crippen molar-refractivity contribution in [3.05, 3.63) is 29.3 Å². The summed E-state index contributed by atoms with van der Waals surface area (Å²) in [5.41, 5.74) is 3.26. The molecule has 1 aromatic carbocycles. The van der Waals surface area contributed by atoms with Gasteiger partial charge < -0.3 is 0 Å². The third-order valence-electron chi connectivity index (χ3n) is 2.82. The molecule has 0 saturated heterocycles. The second kappa shape index (κ2) is 5.23. The van der Waals surface area contributed by atoms with Crippen LogP contribution in [-0.2, 0) is 12.8 Å². The van der Waals surface area contributed by atoms with Gasteiger partial charge in [0.1, 0.15) is 0 Å². The maximum absolute atomic E-state index is 2.46. The van der Waals surface area contributed by atoms with E-state index in [0.29, 0.717) is 0 Å². The van der Waals surface area contributed by atoms with E-state index in [9.17, 15) is 0 Å².